The van der Waals surface area contributed by atoms with Gasteiger partial charge in [0.15, 0.2) is 0 Å². The van der Waals surface area contributed by atoms with Crippen LogP contribution in [0.15, 0.2) is 30.4 Å². The minimum absolute atomic E-state index is 0.662. The van der Waals surface area contributed by atoms with Crippen molar-refractivity contribution in [2.75, 3.05) is 6.61 Å². The van der Waals surface area contributed by atoms with Crippen molar-refractivity contribution >= 4 is 6.29 Å². The van der Waals surface area contributed by atoms with Crippen LogP contribution < -0.4 is 4.74 Å². The lowest BCUT2D eigenvalue weighted by molar-refractivity contribution is 0.112. The van der Waals surface area contributed by atoms with Crippen LogP contribution in [-0.2, 0) is 0 Å². The lowest BCUT2D eigenvalue weighted by Gasteiger charge is -2.37. The maximum atomic E-state index is 10.8. The zero-order valence-corrected chi connectivity index (χ0v) is 11.3. The van der Waals surface area contributed by atoms with Gasteiger partial charge in [-0.1, -0.05) is 12.2 Å². The highest BCUT2D eigenvalue weighted by Gasteiger charge is 2.32. The number of ether oxygens (including phenoxy) is 1. The molecule has 2 heteroatoms. The molecular formula is C17H20O2. The largest absolute Gasteiger partial charge is 0.493 e. The lowest BCUT2D eigenvalue weighted by Crippen LogP contribution is -2.31. The number of hydrogen-bond donors (Lipinski definition) is 0. The van der Waals surface area contributed by atoms with Gasteiger partial charge < -0.3 is 4.74 Å². The molecule has 1 saturated carbocycles. The van der Waals surface area contributed by atoms with Crippen LogP contribution in [-0.4, -0.2) is 12.9 Å². The van der Waals surface area contributed by atoms with Crippen molar-refractivity contribution in [3.8, 4) is 5.75 Å². The number of aldehydes is 1. The van der Waals surface area contributed by atoms with Crippen molar-refractivity contribution in [2.24, 2.45) is 17.8 Å². The van der Waals surface area contributed by atoms with Crippen molar-refractivity contribution in [1.82, 2.24) is 0 Å². The van der Waals surface area contributed by atoms with Gasteiger partial charge in [-0.15, -0.1) is 0 Å². The Kier molecular flexibility index (Phi) is 3.41. The van der Waals surface area contributed by atoms with Gasteiger partial charge in [0, 0.05) is 5.56 Å². The van der Waals surface area contributed by atoms with Gasteiger partial charge >= 0.3 is 0 Å². The Labute approximate surface area is 114 Å². The van der Waals surface area contributed by atoms with E-state index in [0.29, 0.717) is 11.8 Å². The van der Waals surface area contributed by atoms with Gasteiger partial charge in [-0.2, -0.15) is 0 Å². The van der Waals surface area contributed by atoms with Crippen LogP contribution in [0.5, 0.6) is 5.75 Å². The van der Waals surface area contributed by atoms with Crippen molar-refractivity contribution in [1.29, 1.82) is 0 Å². The van der Waals surface area contributed by atoms with Crippen LogP contribution >= 0.6 is 0 Å². The van der Waals surface area contributed by atoms with E-state index in [9.17, 15) is 4.79 Å². The molecule has 0 radical (unpaired) electrons. The Hall–Kier alpha value is -1.57. The third-order valence-electron chi connectivity index (χ3n) is 4.54. The molecule has 19 heavy (non-hydrogen) atoms. The highest BCUT2D eigenvalue weighted by atomic mass is 16.5. The maximum Gasteiger partial charge on any atom is 0.150 e. The molecule has 0 saturated heterocycles. The van der Waals surface area contributed by atoms with Crippen molar-refractivity contribution < 1.29 is 9.53 Å². The summed E-state index contributed by atoms with van der Waals surface area (Å²) in [6.07, 6.45) is 9.60. The summed E-state index contributed by atoms with van der Waals surface area (Å²) in [7, 11) is 0. The molecule has 0 aromatic heterocycles. The second kappa shape index (κ2) is 5.20. The third kappa shape index (κ3) is 2.58. The Morgan fingerprint density at radius 3 is 2.79 bits per heavy atom. The Morgan fingerprint density at radius 1 is 1.32 bits per heavy atom. The fourth-order valence-electron chi connectivity index (χ4n) is 3.32. The number of rotatable bonds is 4. The molecule has 0 amide bonds. The van der Waals surface area contributed by atoms with Crippen molar-refractivity contribution in [3.63, 3.8) is 0 Å². The molecule has 100 valence electrons. The van der Waals surface area contributed by atoms with Crippen LogP contribution in [0.25, 0.3) is 0 Å². The van der Waals surface area contributed by atoms with Gasteiger partial charge in [-0.3, -0.25) is 4.79 Å². The molecule has 0 aliphatic heterocycles. The van der Waals surface area contributed by atoms with E-state index in [-0.39, 0.29) is 0 Å². The zero-order chi connectivity index (χ0) is 13.2. The molecule has 3 aliphatic carbocycles. The monoisotopic (exact) mass is 256 g/mol. The van der Waals surface area contributed by atoms with E-state index in [1.165, 1.54) is 19.3 Å². The Bertz CT molecular complexity index is 504. The minimum Gasteiger partial charge on any atom is -0.493 e. The van der Waals surface area contributed by atoms with Crippen molar-refractivity contribution in [3.05, 3.63) is 41.5 Å². The summed E-state index contributed by atoms with van der Waals surface area (Å²) in [6, 6.07) is 5.69. The number of fused-ring (bicyclic) bond motifs is 2. The average Bonchev–Trinajstić information content (AvgIpc) is 2.46. The third-order valence-corrected chi connectivity index (χ3v) is 4.54. The fourth-order valence-corrected chi connectivity index (χ4v) is 3.32. The van der Waals surface area contributed by atoms with Crippen LogP contribution in [0.3, 0.4) is 0 Å². The summed E-state index contributed by atoms with van der Waals surface area (Å²) >= 11 is 0. The summed E-state index contributed by atoms with van der Waals surface area (Å²) in [5.41, 5.74) is 1.73. The first kappa shape index (κ1) is 12.5. The van der Waals surface area contributed by atoms with E-state index < -0.39 is 0 Å². The predicted molar refractivity (Wildman–Crippen MR) is 75.5 cm³/mol. The Morgan fingerprint density at radius 2 is 2.21 bits per heavy atom. The van der Waals surface area contributed by atoms with E-state index in [2.05, 4.69) is 12.2 Å². The van der Waals surface area contributed by atoms with Gasteiger partial charge in [0.1, 0.15) is 12.0 Å². The van der Waals surface area contributed by atoms with Gasteiger partial charge in [-0.25, -0.2) is 0 Å². The molecule has 1 fully saturated rings. The van der Waals surface area contributed by atoms with E-state index >= 15 is 0 Å². The second-order valence-electron chi connectivity index (χ2n) is 5.83. The van der Waals surface area contributed by atoms with Crippen LogP contribution in [0.4, 0.5) is 0 Å². The molecule has 0 N–H and O–H groups in total. The van der Waals surface area contributed by atoms with Gasteiger partial charge in [0.05, 0.1) is 6.61 Å². The van der Waals surface area contributed by atoms with Crippen molar-refractivity contribution in [2.45, 2.75) is 26.2 Å². The first-order valence-corrected chi connectivity index (χ1v) is 7.13. The zero-order valence-electron chi connectivity index (χ0n) is 11.3. The number of carbonyl (C=O) groups is 1. The van der Waals surface area contributed by atoms with E-state index in [1.807, 2.05) is 25.1 Å². The topological polar surface area (TPSA) is 26.3 Å². The van der Waals surface area contributed by atoms with E-state index in [4.69, 9.17) is 4.74 Å². The summed E-state index contributed by atoms with van der Waals surface area (Å²) in [4.78, 5) is 10.8. The van der Waals surface area contributed by atoms with Gasteiger partial charge in [0.25, 0.3) is 0 Å². The highest BCUT2D eigenvalue weighted by molar-refractivity contribution is 5.77. The predicted octanol–water partition coefficient (Wildman–Crippen LogP) is 3.79. The molecule has 3 unspecified atom stereocenters. The quantitative estimate of drug-likeness (QED) is 0.605. The molecule has 2 nitrogen and oxygen atoms in total. The van der Waals surface area contributed by atoms with Crippen LogP contribution in [0, 0.1) is 24.7 Å². The summed E-state index contributed by atoms with van der Waals surface area (Å²) in [6.45, 7) is 2.74. The maximum absolute atomic E-state index is 10.8. The molecular weight excluding hydrogens is 236 g/mol. The first-order valence-electron chi connectivity index (χ1n) is 7.13. The number of allylic oxidation sites excluding steroid dienone is 2. The summed E-state index contributed by atoms with van der Waals surface area (Å²) in [5.74, 6) is 3.03. The molecule has 3 atom stereocenters. The number of aryl methyl sites for hydroxylation is 1. The normalized spacial score (nSPS) is 28.4. The molecule has 3 aliphatic rings. The summed E-state index contributed by atoms with van der Waals surface area (Å²) in [5, 5.41) is 0. The number of carbonyl (C=O) groups excluding carboxylic acids is 1. The Balaban J connectivity index is 1.62. The SMILES string of the molecule is Cc1cc(OCC2CC3C=CC2CC3)ccc1C=O. The lowest BCUT2D eigenvalue weighted by atomic mass is 9.69. The second-order valence-corrected chi connectivity index (χ2v) is 5.83. The number of hydrogen-bond acceptors (Lipinski definition) is 2. The minimum atomic E-state index is 0.662. The first-order chi connectivity index (χ1) is 9.26. The molecule has 4 rings (SSSR count). The van der Waals surface area contributed by atoms with E-state index in [0.717, 1.165) is 35.7 Å². The van der Waals surface area contributed by atoms with Gasteiger partial charge in [0.2, 0.25) is 0 Å². The summed E-state index contributed by atoms with van der Waals surface area (Å²) < 4.78 is 5.93. The molecule has 0 spiro atoms. The fraction of sp³-hybridized carbons (Fsp3) is 0.471. The standard InChI is InChI=1S/C17H20O2/c1-12-8-17(7-6-15(12)10-18)19-11-16-9-13-2-4-14(16)5-3-13/h2,4,6-8,10,13-14,16H,3,5,9,11H2,1H3. The molecule has 0 heterocycles. The molecule has 2 bridgehead atoms. The number of benzene rings is 1. The molecule has 1 aromatic rings. The molecule has 1 aromatic carbocycles. The van der Waals surface area contributed by atoms with Crippen LogP contribution in [0.1, 0.15) is 35.2 Å². The van der Waals surface area contributed by atoms with Crippen LogP contribution in [0.2, 0.25) is 0 Å². The highest BCUT2D eigenvalue weighted by Crippen LogP contribution is 2.40. The average molecular weight is 256 g/mol. The van der Waals surface area contributed by atoms with E-state index in [1.54, 1.807) is 0 Å². The van der Waals surface area contributed by atoms with Gasteiger partial charge in [-0.05, 0) is 67.7 Å². The smallest absolute Gasteiger partial charge is 0.150 e.